The minimum atomic E-state index is 0.292. The van der Waals surface area contributed by atoms with Gasteiger partial charge in [0.2, 0.25) is 0 Å². The van der Waals surface area contributed by atoms with Gasteiger partial charge < -0.3 is 14.2 Å². The molecule has 0 aliphatic rings. The van der Waals surface area contributed by atoms with Crippen molar-refractivity contribution in [2.75, 3.05) is 27.6 Å². The molecule has 90 valence electrons. The molecule has 0 aliphatic heterocycles. The first-order valence-corrected chi connectivity index (χ1v) is 5.54. The van der Waals surface area contributed by atoms with Gasteiger partial charge >= 0.3 is 0 Å². The molecule has 0 atom stereocenters. The highest BCUT2D eigenvalue weighted by Gasteiger charge is 2.07. The van der Waals surface area contributed by atoms with Crippen LogP contribution in [0.1, 0.15) is 18.1 Å². The predicted molar refractivity (Wildman–Crippen MR) is 63.9 cm³/mol. The summed E-state index contributed by atoms with van der Waals surface area (Å²) in [7, 11) is 3.34. The standard InChI is InChI=1S/C13H20O3/c1-4-12-11(8-9-14-2)6-5-7-13(12)16-10-15-3/h5-7H,4,8-10H2,1-3H3. The molecule has 0 bridgehead atoms. The van der Waals surface area contributed by atoms with E-state index in [1.807, 2.05) is 12.1 Å². The van der Waals surface area contributed by atoms with Gasteiger partial charge in [0.15, 0.2) is 6.79 Å². The quantitative estimate of drug-likeness (QED) is 0.666. The molecule has 0 saturated carbocycles. The van der Waals surface area contributed by atoms with E-state index in [1.165, 1.54) is 11.1 Å². The van der Waals surface area contributed by atoms with Gasteiger partial charge in [0.05, 0.1) is 6.61 Å². The van der Waals surface area contributed by atoms with E-state index >= 15 is 0 Å². The van der Waals surface area contributed by atoms with Gasteiger partial charge in [0.25, 0.3) is 0 Å². The molecule has 0 N–H and O–H groups in total. The number of rotatable bonds is 7. The molecule has 1 aromatic rings. The molecule has 0 aliphatic carbocycles. The molecule has 0 unspecified atom stereocenters. The van der Waals surface area contributed by atoms with Gasteiger partial charge in [-0.15, -0.1) is 0 Å². The molecule has 0 heterocycles. The van der Waals surface area contributed by atoms with Gasteiger partial charge in [-0.2, -0.15) is 0 Å². The number of hydrogen-bond acceptors (Lipinski definition) is 3. The van der Waals surface area contributed by atoms with Gasteiger partial charge in [-0.05, 0) is 30.0 Å². The van der Waals surface area contributed by atoms with E-state index in [-0.39, 0.29) is 0 Å². The number of hydrogen-bond donors (Lipinski definition) is 0. The first kappa shape index (κ1) is 13.0. The largest absolute Gasteiger partial charge is 0.467 e. The van der Waals surface area contributed by atoms with E-state index in [0.29, 0.717) is 6.79 Å². The highest BCUT2D eigenvalue weighted by Crippen LogP contribution is 2.23. The van der Waals surface area contributed by atoms with Crippen molar-refractivity contribution in [3.63, 3.8) is 0 Å². The van der Waals surface area contributed by atoms with E-state index < -0.39 is 0 Å². The third kappa shape index (κ3) is 3.51. The molecule has 16 heavy (non-hydrogen) atoms. The first-order chi connectivity index (χ1) is 7.83. The van der Waals surface area contributed by atoms with Crippen LogP contribution >= 0.6 is 0 Å². The molecule has 1 aromatic carbocycles. The summed E-state index contributed by atoms with van der Waals surface area (Å²) >= 11 is 0. The van der Waals surface area contributed by atoms with Crippen molar-refractivity contribution in [1.29, 1.82) is 0 Å². The maximum Gasteiger partial charge on any atom is 0.188 e. The van der Waals surface area contributed by atoms with Crippen molar-refractivity contribution >= 4 is 0 Å². The van der Waals surface area contributed by atoms with Crippen LogP contribution in [0.2, 0.25) is 0 Å². The summed E-state index contributed by atoms with van der Waals surface area (Å²) in [4.78, 5) is 0. The van der Waals surface area contributed by atoms with Crippen LogP contribution in [0.3, 0.4) is 0 Å². The zero-order chi connectivity index (χ0) is 11.8. The summed E-state index contributed by atoms with van der Waals surface area (Å²) in [5, 5.41) is 0. The Morgan fingerprint density at radius 3 is 2.56 bits per heavy atom. The van der Waals surface area contributed by atoms with Gasteiger partial charge in [-0.3, -0.25) is 0 Å². The lowest BCUT2D eigenvalue weighted by molar-refractivity contribution is 0.0504. The molecule has 0 fully saturated rings. The average molecular weight is 224 g/mol. The molecule has 0 spiro atoms. The average Bonchev–Trinajstić information content (AvgIpc) is 2.33. The van der Waals surface area contributed by atoms with Crippen molar-refractivity contribution in [1.82, 2.24) is 0 Å². The molecule has 0 radical (unpaired) electrons. The van der Waals surface area contributed by atoms with Gasteiger partial charge in [-0.25, -0.2) is 0 Å². The minimum absolute atomic E-state index is 0.292. The molecule has 0 amide bonds. The summed E-state index contributed by atoms with van der Waals surface area (Å²) in [5.74, 6) is 0.915. The molecule has 3 heteroatoms. The molecule has 1 rings (SSSR count). The van der Waals surface area contributed by atoms with Crippen molar-refractivity contribution in [3.8, 4) is 5.75 Å². The second-order valence-electron chi connectivity index (χ2n) is 3.54. The van der Waals surface area contributed by atoms with Crippen LogP contribution in [0.15, 0.2) is 18.2 Å². The molecule has 3 nitrogen and oxygen atoms in total. The Bertz CT molecular complexity index is 284. The van der Waals surface area contributed by atoms with Crippen LogP contribution in [0, 0.1) is 0 Å². The van der Waals surface area contributed by atoms with E-state index in [0.717, 1.165) is 25.2 Å². The van der Waals surface area contributed by atoms with Crippen molar-refractivity contribution < 1.29 is 14.2 Å². The highest BCUT2D eigenvalue weighted by molar-refractivity contribution is 5.40. The van der Waals surface area contributed by atoms with E-state index in [1.54, 1.807) is 14.2 Å². The SMILES string of the molecule is CCc1c(CCOC)cccc1OCOC. The summed E-state index contributed by atoms with van der Waals surface area (Å²) < 4.78 is 15.6. The van der Waals surface area contributed by atoms with E-state index in [4.69, 9.17) is 14.2 Å². The van der Waals surface area contributed by atoms with Gasteiger partial charge in [-0.1, -0.05) is 19.1 Å². The van der Waals surface area contributed by atoms with Crippen LogP contribution in [0.25, 0.3) is 0 Å². The fraction of sp³-hybridized carbons (Fsp3) is 0.538. The highest BCUT2D eigenvalue weighted by atomic mass is 16.7. The zero-order valence-corrected chi connectivity index (χ0v) is 10.3. The van der Waals surface area contributed by atoms with E-state index in [2.05, 4.69) is 13.0 Å². The lowest BCUT2D eigenvalue weighted by Crippen LogP contribution is -2.05. The van der Waals surface area contributed by atoms with Crippen molar-refractivity contribution in [2.45, 2.75) is 19.8 Å². The Balaban J connectivity index is 2.82. The molecule has 0 saturated heterocycles. The molecular weight excluding hydrogens is 204 g/mol. The lowest BCUT2D eigenvalue weighted by Gasteiger charge is -2.13. The minimum Gasteiger partial charge on any atom is -0.467 e. The Labute approximate surface area is 97.3 Å². The fourth-order valence-corrected chi connectivity index (χ4v) is 1.72. The summed E-state index contributed by atoms with van der Waals surface area (Å²) in [6.07, 6.45) is 1.88. The Hall–Kier alpha value is -1.06. The number of benzene rings is 1. The number of methoxy groups -OCH3 is 2. The maximum atomic E-state index is 5.53. The third-order valence-corrected chi connectivity index (χ3v) is 2.49. The van der Waals surface area contributed by atoms with Crippen LogP contribution in [-0.4, -0.2) is 27.6 Å². The zero-order valence-electron chi connectivity index (χ0n) is 10.3. The maximum absolute atomic E-state index is 5.53. The van der Waals surface area contributed by atoms with E-state index in [9.17, 15) is 0 Å². The van der Waals surface area contributed by atoms with Crippen LogP contribution < -0.4 is 4.74 Å². The smallest absolute Gasteiger partial charge is 0.188 e. The first-order valence-electron chi connectivity index (χ1n) is 5.54. The number of ether oxygens (including phenoxy) is 3. The third-order valence-electron chi connectivity index (χ3n) is 2.49. The van der Waals surface area contributed by atoms with Gasteiger partial charge in [0, 0.05) is 14.2 Å². The monoisotopic (exact) mass is 224 g/mol. The summed E-state index contributed by atoms with van der Waals surface area (Å²) in [6, 6.07) is 6.11. The second-order valence-corrected chi connectivity index (χ2v) is 3.54. The fourth-order valence-electron chi connectivity index (χ4n) is 1.72. The van der Waals surface area contributed by atoms with Crippen LogP contribution in [0.4, 0.5) is 0 Å². The Morgan fingerprint density at radius 1 is 1.12 bits per heavy atom. The normalized spacial score (nSPS) is 10.4. The Morgan fingerprint density at radius 2 is 1.94 bits per heavy atom. The Kier molecular flexibility index (Phi) is 5.90. The second kappa shape index (κ2) is 7.25. The van der Waals surface area contributed by atoms with Crippen molar-refractivity contribution in [3.05, 3.63) is 29.3 Å². The van der Waals surface area contributed by atoms with Crippen LogP contribution in [0.5, 0.6) is 5.75 Å². The summed E-state index contributed by atoms with van der Waals surface area (Å²) in [6.45, 7) is 3.16. The van der Waals surface area contributed by atoms with Gasteiger partial charge in [0.1, 0.15) is 5.75 Å². The van der Waals surface area contributed by atoms with Crippen LogP contribution in [-0.2, 0) is 22.3 Å². The topological polar surface area (TPSA) is 27.7 Å². The molecule has 0 aromatic heterocycles. The summed E-state index contributed by atoms with van der Waals surface area (Å²) in [5.41, 5.74) is 2.54. The molecular formula is C13H20O3. The lowest BCUT2D eigenvalue weighted by atomic mass is 10.0. The predicted octanol–water partition coefficient (Wildman–Crippen LogP) is 2.42. The van der Waals surface area contributed by atoms with Crippen molar-refractivity contribution in [2.24, 2.45) is 0 Å².